The Bertz CT molecular complexity index is 787. The lowest BCUT2D eigenvalue weighted by Gasteiger charge is -2.61. The number of benzene rings is 1. The largest absolute Gasteiger partial charge is 0.351 e. The van der Waals surface area contributed by atoms with Crippen LogP contribution >= 0.6 is 0 Å². The standard InChI is InChI=1S/C23H26N2O/c26-21(25-15-17-5-4-8-24-14-17)23-12-18-9-19(13-23)11-22(10-18,16-23)20-6-2-1-3-7-20/h1-8,14,18-19H,9-13,15-16H2,(H,25,26). The second kappa shape index (κ2) is 5.94. The van der Waals surface area contributed by atoms with E-state index < -0.39 is 0 Å². The minimum Gasteiger partial charge on any atom is -0.351 e. The highest BCUT2D eigenvalue weighted by molar-refractivity contribution is 5.83. The lowest BCUT2D eigenvalue weighted by molar-refractivity contribution is -0.149. The molecule has 4 aliphatic carbocycles. The molecule has 3 heteroatoms. The molecule has 0 radical (unpaired) electrons. The molecule has 4 fully saturated rings. The van der Waals surface area contributed by atoms with E-state index in [9.17, 15) is 4.79 Å². The van der Waals surface area contributed by atoms with E-state index in [0.717, 1.165) is 24.8 Å². The van der Waals surface area contributed by atoms with Gasteiger partial charge in [-0.3, -0.25) is 9.78 Å². The van der Waals surface area contributed by atoms with Crippen molar-refractivity contribution in [2.75, 3.05) is 0 Å². The normalized spacial score (nSPS) is 34.6. The third-order valence-electron chi connectivity index (χ3n) is 7.10. The summed E-state index contributed by atoms with van der Waals surface area (Å²) in [5.74, 6) is 1.69. The molecule has 2 atom stereocenters. The second-order valence-corrected chi connectivity index (χ2v) is 8.93. The lowest BCUT2D eigenvalue weighted by Crippen LogP contribution is -2.59. The van der Waals surface area contributed by atoms with E-state index in [1.165, 1.54) is 24.8 Å². The predicted molar refractivity (Wildman–Crippen MR) is 101 cm³/mol. The Morgan fingerprint density at radius 2 is 1.81 bits per heavy atom. The van der Waals surface area contributed by atoms with Crippen molar-refractivity contribution in [1.29, 1.82) is 0 Å². The first-order chi connectivity index (χ1) is 12.7. The van der Waals surface area contributed by atoms with Gasteiger partial charge in [0, 0.05) is 18.9 Å². The van der Waals surface area contributed by atoms with Crippen LogP contribution in [0, 0.1) is 17.3 Å². The molecule has 4 saturated carbocycles. The number of hydrogen-bond donors (Lipinski definition) is 1. The molecule has 2 aromatic rings. The number of carbonyl (C=O) groups is 1. The van der Waals surface area contributed by atoms with Crippen molar-refractivity contribution in [3.05, 3.63) is 66.0 Å². The van der Waals surface area contributed by atoms with E-state index in [4.69, 9.17) is 0 Å². The van der Waals surface area contributed by atoms with E-state index in [0.29, 0.717) is 18.4 Å². The zero-order valence-corrected chi connectivity index (χ0v) is 15.2. The summed E-state index contributed by atoms with van der Waals surface area (Å²) in [4.78, 5) is 17.5. The molecule has 1 aromatic carbocycles. The Hall–Kier alpha value is -2.16. The summed E-state index contributed by atoms with van der Waals surface area (Å²) < 4.78 is 0. The van der Waals surface area contributed by atoms with Crippen molar-refractivity contribution in [2.45, 2.75) is 50.5 Å². The quantitative estimate of drug-likeness (QED) is 0.900. The predicted octanol–water partition coefficient (Wildman–Crippen LogP) is 4.24. The summed E-state index contributed by atoms with van der Waals surface area (Å²) in [5, 5.41) is 3.25. The monoisotopic (exact) mass is 346 g/mol. The van der Waals surface area contributed by atoms with E-state index >= 15 is 0 Å². The van der Waals surface area contributed by atoms with Gasteiger partial charge in [-0.15, -0.1) is 0 Å². The molecule has 4 aliphatic rings. The molecular formula is C23H26N2O. The highest BCUT2D eigenvalue weighted by Gasteiger charge is 2.60. The van der Waals surface area contributed by atoms with Crippen molar-refractivity contribution in [3.8, 4) is 0 Å². The molecular weight excluding hydrogens is 320 g/mol. The number of nitrogens with zero attached hydrogens (tertiary/aromatic N) is 1. The zero-order chi connectivity index (χ0) is 17.6. The van der Waals surface area contributed by atoms with Gasteiger partial charge in [0.1, 0.15) is 0 Å². The molecule has 0 spiro atoms. The van der Waals surface area contributed by atoms with Gasteiger partial charge in [0.2, 0.25) is 5.91 Å². The van der Waals surface area contributed by atoms with E-state index in [2.05, 4.69) is 40.6 Å². The number of carbonyl (C=O) groups excluding carboxylic acids is 1. The van der Waals surface area contributed by atoms with Gasteiger partial charge in [0.05, 0.1) is 5.41 Å². The first kappa shape index (κ1) is 16.0. The Labute approximate surface area is 155 Å². The Morgan fingerprint density at radius 1 is 1.04 bits per heavy atom. The molecule has 0 saturated heterocycles. The van der Waals surface area contributed by atoms with E-state index in [1.54, 1.807) is 6.20 Å². The Morgan fingerprint density at radius 3 is 2.50 bits per heavy atom. The number of amides is 1. The molecule has 1 N–H and O–H groups in total. The first-order valence-corrected chi connectivity index (χ1v) is 9.90. The molecule has 134 valence electrons. The summed E-state index contributed by atoms with van der Waals surface area (Å²) in [5.41, 5.74) is 2.58. The smallest absolute Gasteiger partial charge is 0.226 e. The molecule has 4 bridgehead atoms. The molecule has 0 aliphatic heterocycles. The number of aromatic nitrogens is 1. The van der Waals surface area contributed by atoms with Gasteiger partial charge in [-0.25, -0.2) is 0 Å². The average molecular weight is 346 g/mol. The number of hydrogen-bond acceptors (Lipinski definition) is 2. The second-order valence-electron chi connectivity index (χ2n) is 8.93. The van der Waals surface area contributed by atoms with Crippen molar-refractivity contribution in [1.82, 2.24) is 10.3 Å². The maximum Gasteiger partial charge on any atom is 0.226 e. The fourth-order valence-corrected chi connectivity index (χ4v) is 6.53. The summed E-state index contributed by atoms with van der Waals surface area (Å²) in [6.45, 7) is 0.585. The van der Waals surface area contributed by atoms with Gasteiger partial charge in [0.15, 0.2) is 0 Å². The van der Waals surface area contributed by atoms with Gasteiger partial charge in [-0.2, -0.15) is 0 Å². The molecule has 26 heavy (non-hydrogen) atoms. The van der Waals surface area contributed by atoms with Crippen molar-refractivity contribution in [3.63, 3.8) is 0 Å². The van der Waals surface area contributed by atoms with Crippen molar-refractivity contribution < 1.29 is 4.79 Å². The lowest BCUT2D eigenvalue weighted by atomic mass is 9.42. The fraction of sp³-hybridized carbons (Fsp3) is 0.478. The van der Waals surface area contributed by atoms with Crippen LogP contribution in [0.2, 0.25) is 0 Å². The Kier molecular flexibility index (Phi) is 3.66. The fourth-order valence-electron chi connectivity index (χ4n) is 6.53. The SMILES string of the molecule is O=C(NCc1cccnc1)C12CC3CC(C1)CC(c1ccccc1)(C3)C2. The molecule has 3 nitrogen and oxygen atoms in total. The van der Waals surface area contributed by atoms with Gasteiger partial charge in [-0.05, 0) is 73.0 Å². The Balaban J connectivity index is 1.41. The summed E-state index contributed by atoms with van der Waals surface area (Å²) in [6.07, 6.45) is 10.7. The van der Waals surface area contributed by atoms with Crippen LogP contribution in [0.15, 0.2) is 54.9 Å². The third-order valence-corrected chi connectivity index (χ3v) is 7.10. The van der Waals surface area contributed by atoms with Crippen LogP contribution in [0.1, 0.15) is 49.7 Å². The molecule has 1 amide bonds. The molecule has 6 rings (SSSR count). The van der Waals surface area contributed by atoms with Crippen molar-refractivity contribution in [2.24, 2.45) is 17.3 Å². The van der Waals surface area contributed by atoms with Gasteiger partial charge in [0.25, 0.3) is 0 Å². The van der Waals surface area contributed by atoms with Crippen LogP contribution in [-0.4, -0.2) is 10.9 Å². The maximum absolute atomic E-state index is 13.3. The van der Waals surface area contributed by atoms with Crippen LogP contribution in [0.5, 0.6) is 0 Å². The molecule has 2 unspecified atom stereocenters. The van der Waals surface area contributed by atoms with Crippen LogP contribution in [0.4, 0.5) is 0 Å². The minimum atomic E-state index is -0.165. The first-order valence-electron chi connectivity index (χ1n) is 9.90. The number of pyridine rings is 1. The molecule has 1 heterocycles. The highest BCUT2D eigenvalue weighted by atomic mass is 16.2. The summed E-state index contributed by atoms with van der Waals surface area (Å²) >= 11 is 0. The number of nitrogens with one attached hydrogen (secondary N) is 1. The third kappa shape index (κ3) is 2.56. The van der Waals surface area contributed by atoms with E-state index in [-0.39, 0.29) is 16.7 Å². The van der Waals surface area contributed by atoms with Crippen LogP contribution in [0.3, 0.4) is 0 Å². The van der Waals surface area contributed by atoms with Gasteiger partial charge in [-0.1, -0.05) is 36.4 Å². The van der Waals surface area contributed by atoms with Crippen LogP contribution in [0.25, 0.3) is 0 Å². The van der Waals surface area contributed by atoms with Crippen molar-refractivity contribution >= 4 is 5.91 Å². The molecule has 1 aromatic heterocycles. The highest BCUT2D eigenvalue weighted by Crippen LogP contribution is 2.65. The van der Waals surface area contributed by atoms with Gasteiger partial charge >= 0.3 is 0 Å². The van der Waals surface area contributed by atoms with Crippen LogP contribution in [-0.2, 0) is 16.8 Å². The van der Waals surface area contributed by atoms with Crippen LogP contribution < -0.4 is 5.32 Å². The van der Waals surface area contributed by atoms with Gasteiger partial charge < -0.3 is 5.32 Å². The topological polar surface area (TPSA) is 42.0 Å². The van der Waals surface area contributed by atoms with E-state index in [1.807, 2.05) is 18.3 Å². The number of rotatable bonds is 4. The zero-order valence-electron chi connectivity index (χ0n) is 15.2. The maximum atomic E-state index is 13.3. The summed E-state index contributed by atoms with van der Waals surface area (Å²) in [6, 6.07) is 14.9. The minimum absolute atomic E-state index is 0.165. The summed E-state index contributed by atoms with van der Waals surface area (Å²) in [7, 11) is 0. The average Bonchev–Trinajstić information content (AvgIpc) is 2.66.